The van der Waals surface area contributed by atoms with Gasteiger partial charge in [0, 0.05) is 0 Å². The highest BCUT2D eigenvalue weighted by molar-refractivity contribution is 6.62. The van der Waals surface area contributed by atoms with Crippen LogP contribution in [-0.2, 0) is 10.3 Å². The third kappa shape index (κ3) is 0.679. The Labute approximate surface area is 71.3 Å². The van der Waals surface area contributed by atoms with Gasteiger partial charge in [0.25, 0.3) is 0 Å². The van der Waals surface area contributed by atoms with Crippen molar-refractivity contribution in [3.63, 3.8) is 0 Å². The summed E-state index contributed by atoms with van der Waals surface area (Å²) in [5.74, 6) is 0. The molecule has 1 N–H and O–H groups in total. The molecule has 1 saturated carbocycles. The van der Waals surface area contributed by atoms with E-state index in [9.17, 15) is 5.02 Å². The third-order valence-corrected chi connectivity index (χ3v) is 2.76. The van der Waals surface area contributed by atoms with Crippen LogP contribution in [0.1, 0.15) is 18.4 Å². The predicted octanol–water partition coefficient (Wildman–Crippen LogP) is 0.393. The summed E-state index contributed by atoms with van der Waals surface area (Å²) in [4.78, 5) is 0. The van der Waals surface area contributed by atoms with Crippen molar-refractivity contribution in [2.24, 2.45) is 0 Å². The van der Waals surface area contributed by atoms with Crippen molar-refractivity contribution in [3.05, 3.63) is 29.8 Å². The molecule has 2 aliphatic rings. The SMILES string of the molecule is OB1OC2(CC2)c2ccccc21. The third-order valence-electron chi connectivity index (χ3n) is 2.76. The van der Waals surface area contributed by atoms with Crippen molar-refractivity contribution in [1.29, 1.82) is 0 Å². The fraction of sp³-hybridized carbons (Fsp3) is 0.333. The number of rotatable bonds is 0. The lowest BCUT2D eigenvalue weighted by Gasteiger charge is -2.07. The van der Waals surface area contributed by atoms with Gasteiger partial charge in [0.05, 0.1) is 5.60 Å². The molecule has 1 spiro atoms. The molecule has 12 heavy (non-hydrogen) atoms. The molecule has 1 aliphatic heterocycles. The summed E-state index contributed by atoms with van der Waals surface area (Å²) >= 11 is 0. The van der Waals surface area contributed by atoms with E-state index in [1.165, 1.54) is 5.56 Å². The van der Waals surface area contributed by atoms with E-state index in [1.807, 2.05) is 18.2 Å². The molecular weight excluding hydrogens is 151 g/mol. The second kappa shape index (κ2) is 1.92. The highest BCUT2D eigenvalue weighted by Gasteiger charge is 2.54. The Kier molecular flexibility index (Phi) is 1.07. The molecule has 0 unspecified atom stereocenters. The molecule has 0 saturated heterocycles. The first kappa shape index (κ1) is 6.69. The normalized spacial score (nSPS) is 22.9. The fourth-order valence-electron chi connectivity index (χ4n) is 1.97. The minimum atomic E-state index is -0.691. The van der Waals surface area contributed by atoms with Gasteiger partial charge >= 0.3 is 7.12 Å². The number of fused-ring (bicyclic) bond motifs is 2. The lowest BCUT2D eigenvalue weighted by molar-refractivity contribution is 0.167. The highest BCUT2D eigenvalue weighted by Crippen LogP contribution is 2.51. The molecule has 3 rings (SSSR count). The molecule has 0 atom stereocenters. The summed E-state index contributed by atoms with van der Waals surface area (Å²) < 4.78 is 5.49. The van der Waals surface area contributed by atoms with Gasteiger partial charge in [-0.15, -0.1) is 0 Å². The Hall–Kier alpha value is -0.795. The molecule has 0 aromatic heterocycles. The number of hydrogen-bond donors (Lipinski definition) is 1. The summed E-state index contributed by atoms with van der Waals surface area (Å²) in [6, 6.07) is 7.93. The van der Waals surface area contributed by atoms with Crippen molar-refractivity contribution < 1.29 is 9.68 Å². The van der Waals surface area contributed by atoms with Crippen LogP contribution in [0, 0.1) is 0 Å². The van der Waals surface area contributed by atoms with Gasteiger partial charge in [0.15, 0.2) is 0 Å². The molecule has 2 nitrogen and oxygen atoms in total. The van der Waals surface area contributed by atoms with Crippen molar-refractivity contribution in [2.75, 3.05) is 0 Å². The van der Waals surface area contributed by atoms with Crippen molar-refractivity contribution >= 4 is 12.6 Å². The van der Waals surface area contributed by atoms with Crippen LogP contribution >= 0.6 is 0 Å². The maximum absolute atomic E-state index is 9.53. The standard InChI is InChI=1S/C9H9BO2/c11-10-8-4-2-1-3-7(8)9(12-10)5-6-9/h1-4,11H,5-6H2. The first-order valence-corrected chi connectivity index (χ1v) is 4.27. The largest absolute Gasteiger partial charge is 0.492 e. The van der Waals surface area contributed by atoms with E-state index in [2.05, 4.69) is 6.07 Å². The molecule has 0 bridgehead atoms. The second-order valence-electron chi connectivity index (χ2n) is 3.55. The van der Waals surface area contributed by atoms with Crippen LogP contribution in [0.5, 0.6) is 0 Å². The van der Waals surface area contributed by atoms with Crippen LogP contribution in [0.4, 0.5) is 0 Å². The minimum Gasteiger partial charge on any atom is -0.423 e. The summed E-state index contributed by atoms with van der Waals surface area (Å²) in [6.45, 7) is 0. The Balaban J connectivity index is 2.21. The fourth-order valence-corrected chi connectivity index (χ4v) is 1.97. The molecule has 0 amide bonds. The van der Waals surface area contributed by atoms with Crippen molar-refractivity contribution in [1.82, 2.24) is 0 Å². The van der Waals surface area contributed by atoms with Crippen molar-refractivity contribution in [3.8, 4) is 0 Å². The minimum absolute atomic E-state index is 0.101. The molecule has 0 radical (unpaired) electrons. The predicted molar refractivity (Wildman–Crippen MR) is 46.0 cm³/mol. The van der Waals surface area contributed by atoms with E-state index in [0.29, 0.717) is 0 Å². The van der Waals surface area contributed by atoms with E-state index in [4.69, 9.17) is 4.65 Å². The molecule has 60 valence electrons. The van der Waals surface area contributed by atoms with Crippen LogP contribution < -0.4 is 5.46 Å². The second-order valence-corrected chi connectivity index (χ2v) is 3.55. The van der Waals surface area contributed by atoms with Gasteiger partial charge in [-0.25, -0.2) is 0 Å². The Morgan fingerprint density at radius 2 is 2.08 bits per heavy atom. The van der Waals surface area contributed by atoms with Gasteiger partial charge in [-0.3, -0.25) is 0 Å². The van der Waals surface area contributed by atoms with Gasteiger partial charge in [-0.1, -0.05) is 24.3 Å². The maximum atomic E-state index is 9.53. The lowest BCUT2D eigenvalue weighted by atomic mass is 9.79. The molecule has 1 aromatic rings. The quantitative estimate of drug-likeness (QED) is 0.556. The molecule has 1 aliphatic carbocycles. The van der Waals surface area contributed by atoms with Gasteiger partial charge in [0.2, 0.25) is 0 Å². The van der Waals surface area contributed by atoms with E-state index < -0.39 is 7.12 Å². The smallest absolute Gasteiger partial charge is 0.423 e. The molecule has 1 aromatic carbocycles. The van der Waals surface area contributed by atoms with Gasteiger partial charge in [-0.05, 0) is 23.9 Å². The van der Waals surface area contributed by atoms with Crippen LogP contribution in [0.3, 0.4) is 0 Å². The number of hydrogen-bond acceptors (Lipinski definition) is 2. The van der Waals surface area contributed by atoms with Gasteiger partial charge < -0.3 is 9.68 Å². The first-order chi connectivity index (χ1) is 5.82. The topological polar surface area (TPSA) is 29.5 Å². The highest BCUT2D eigenvalue weighted by atomic mass is 16.5. The zero-order valence-electron chi connectivity index (χ0n) is 6.66. The molecule has 1 fully saturated rings. The Bertz CT molecular complexity index is 333. The molecule has 1 heterocycles. The molecular formula is C9H9BO2. The number of benzene rings is 1. The summed E-state index contributed by atoms with van der Waals surface area (Å²) in [7, 11) is -0.691. The van der Waals surface area contributed by atoms with Crippen LogP contribution in [0.2, 0.25) is 0 Å². The van der Waals surface area contributed by atoms with Gasteiger partial charge in [0.1, 0.15) is 0 Å². The maximum Gasteiger partial charge on any atom is 0.492 e. The monoisotopic (exact) mass is 160 g/mol. The van der Waals surface area contributed by atoms with Crippen LogP contribution in [-0.4, -0.2) is 12.1 Å². The lowest BCUT2D eigenvalue weighted by Crippen LogP contribution is -2.27. The molecule has 3 heteroatoms. The zero-order chi connectivity index (χ0) is 8.18. The van der Waals surface area contributed by atoms with E-state index in [-0.39, 0.29) is 5.60 Å². The summed E-state index contributed by atoms with van der Waals surface area (Å²) in [5.41, 5.74) is 2.04. The average Bonchev–Trinajstić information content (AvgIpc) is 2.79. The first-order valence-electron chi connectivity index (χ1n) is 4.27. The summed E-state index contributed by atoms with van der Waals surface area (Å²) in [6.07, 6.45) is 2.11. The zero-order valence-corrected chi connectivity index (χ0v) is 6.66. The van der Waals surface area contributed by atoms with E-state index >= 15 is 0 Å². The summed E-state index contributed by atoms with van der Waals surface area (Å²) in [5, 5.41) is 9.53. The van der Waals surface area contributed by atoms with E-state index in [0.717, 1.165) is 18.3 Å². The van der Waals surface area contributed by atoms with Crippen LogP contribution in [0.25, 0.3) is 0 Å². The Morgan fingerprint density at radius 1 is 1.33 bits per heavy atom. The average molecular weight is 160 g/mol. The van der Waals surface area contributed by atoms with Gasteiger partial charge in [-0.2, -0.15) is 0 Å². The Morgan fingerprint density at radius 3 is 2.83 bits per heavy atom. The van der Waals surface area contributed by atoms with Crippen LogP contribution in [0.15, 0.2) is 24.3 Å². The van der Waals surface area contributed by atoms with E-state index in [1.54, 1.807) is 0 Å². The van der Waals surface area contributed by atoms with Crippen molar-refractivity contribution in [2.45, 2.75) is 18.4 Å².